The Bertz CT molecular complexity index is 966. The molecule has 0 saturated carbocycles. The molecule has 0 spiro atoms. The molecule has 1 atom stereocenters. The summed E-state index contributed by atoms with van der Waals surface area (Å²) in [5.41, 5.74) is 3.87. The van der Waals surface area contributed by atoms with Gasteiger partial charge >= 0.3 is 0 Å². The number of nitro groups is 1. The van der Waals surface area contributed by atoms with Gasteiger partial charge in [0.25, 0.3) is 5.69 Å². The number of hydrogen-bond donors (Lipinski definition) is 0. The standard InChI is InChI=1S/C20H18N4O3/c21-13-22-8-2-5-19(22)20(25)23-11-16-7-6-15(9-17(16)12-23)14-3-1-4-18(10-14)24(26)27/h1,3-4,6-7,9-10,19H,2,5,8,11-12H2. The number of nitro benzene ring substituents is 1. The molecule has 27 heavy (non-hydrogen) atoms. The van der Waals surface area contributed by atoms with E-state index in [2.05, 4.69) is 6.19 Å². The first-order valence-electron chi connectivity index (χ1n) is 8.88. The summed E-state index contributed by atoms with van der Waals surface area (Å²) in [5.74, 6) is 0.00199. The van der Waals surface area contributed by atoms with Crippen LogP contribution in [0.3, 0.4) is 0 Å². The molecule has 2 heterocycles. The lowest BCUT2D eigenvalue weighted by molar-refractivity contribution is -0.384. The van der Waals surface area contributed by atoms with Gasteiger partial charge in [-0.1, -0.05) is 24.3 Å². The van der Waals surface area contributed by atoms with Gasteiger partial charge in [0.1, 0.15) is 6.04 Å². The summed E-state index contributed by atoms with van der Waals surface area (Å²) < 4.78 is 0. The molecule has 0 N–H and O–H groups in total. The minimum absolute atomic E-state index is 0.00199. The molecule has 2 aromatic carbocycles. The van der Waals surface area contributed by atoms with Crippen molar-refractivity contribution < 1.29 is 9.72 Å². The average molecular weight is 362 g/mol. The molecule has 0 aliphatic carbocycles. The van der Waals surface area contributed by atoms with E-state index in [1.165, 1.54) is 6.07 Å². The minimum Gasteiger partial charge on any atom is -0.332 e. The molecule has 1 unspecified atom stereocenters. The fourth-order valence-corrected chi connectivity index (χ4v) is 3.88. The van der Waals surface area contributed by atoms with Crippen molar-refractivity contribution in [3.8, 4) is 17.3 Å². The van der Waals surface area contributed by atoms with Crippen molar-refractivity contribution in [1.29, 1.82) is 5.26 Å². The van der Waals surface area contributed by atoms with Gasteiger partial charge in [-0.2, -0.15) is 5.26 Å². The Morgan fingerprint density at radius 3 is 2.70 bits per heavy atom. The first-order chi connectivity index (χ1) is 13.1. The van der Waals surface area contributed by atoms with Crippen LogP contribution < -0.4 is 0 Å². The second-order valence-electron chi connectivity index (χ2n) is 6.94. The topological polar surface area (TPSA) is 90.5 Å². The van der Waals surface area contributed by atoms with Crippen molar-refractivity contribution in [3.63, 3.8) is 0 Å². The lowest BCUT2D eigenvalue weighted by atomic mass is 10.0. The third-order valence-corrected chi connectivity index (χ3v) is 5.30. The number of carbonyl (C=O) groups is 1. The summed E-state index contributed by atoms with van der Waals surface area (Å²) in [7, 11) is 0. The average Bonchev–Trinajstić information content (AvgIpc) is 3.33. The first kappa shape index (κ1) is 17.0. The van der Waals surface area contributed by atoms with Crippen molar-refractivity contribution in [2.75, 3.05) is 6.54 Å². The summed E-state index contributed by atoms with van der Waals surface area (Å²) in [6.07, 6.45) is 3.70. The summed E-state index contributed by atoms with van der Waals surface area (Å²) >= 11 is 0. The van der Waals surface area contributed by atoms with Crippen LogP contribution in [0.25, 0.3) is 11.1 Å². The third-order valence-electron chi connectivity index (χ3n) is 5.30. The highest BCUT2D eigenvalue weighted by molar-refractivity contribution is 5.83. The molecule has 7 nitrogen and oxygen atoms in total. The Morgan fingerprint density at radius 2 is 1.93 bits per heavy atom. The van der Waals surface area contributed by atoms with E-state index >= 15 is 0 Å². The van der Waals surface area contributed by atoms with Crippen LogP contribution in [0.4, 0.5) is 5.69 Å². The molecule has 2 aliphatic heterocycles. The van der Waals surface area contributed by atoms with Crippen molar-refractivity contribution in [1.82, 2.24) is 9.80 Å². The zero-order chi connectivity index (χ0) is 19.0. The number of non-ortho nitro benzene ring substituents is 1. The Kier molecular flexibility index (Phi) is 4.24. The van der Waals surface area contributed by atoms with Gasteiger partial charge in [-0.3, -0.25) is 19.8 Å². The molecule has 7 heteroatoms. The van der Waals surface area contributed by atoms with Crippen LogP contribution in [-0.2, 0) is 17.9 Å². The summed E-state index contributed by atoms with van der Waals surface area (Å²) in [5, 5.41) is 20.2. The van der Waals surface area contributed by atoms with Gasteiger partial charge in [0.2, 0.25) is 5.91 Å². The van der Waals surface area contributed by atoms with E-state index in [-0.39, 0.29) is 17.6 Å². The van der Waals surface area contributed by atoms with E-state index in [0.717, 1.165) is 35.1 Å². The summed E-state index contributed by atoms with van der Waals surface area (Å²) in [4.78, 5) is 26.8. The summed E-state index contributed by atoms with van der Waals surface area (Å²) in [6, 6.07) is 12.1. The number of carbonyl (C=O) groups excluding carboxylic acids is 1. The number of nitrogens with zero attached hydrogens (tertiary/aromatic N) is 4. The van der Waals surface area contributed by atoms with Gasteiger partial charge in [0.05, 0.1) is 4.92 Å². The maximum atomic E-state index is 12.8. The van der Waals surface area contributed by atoms with Crippen LogP contribution in [0.15, 0.2) is 42.5 Å². The highest BCUT2D eigenvalue weighted by Gasteiger charge is 2.35. The number of rotatable bonds is 3. The van der Waals surface area contributed by atoms with Gasteiger partial charge < -0.3 is 4.90 Å². The van der Waals surface area contributed by atoms with Crippen LogP contribution >= 0.6 is 0 Å². The molecule has 2 aliphatic rings. The second-order valence-corrected chi connectivity index (χ2v) is 6.94. The van der Waals surface area contributed by atoms with Crippen molar-refractivity contribution in [2.24, 2.45) is 0 Å². The quantitative estimate of drug-likeness (QED) is 0.475. The van der Waals surface area contributed by atoms with Crippen molar-refractivity contribution in [2.45, 2.75) is 32.0 Å². The van der Waals surface area contributed by atoms with Gasteiger partial charge in [-0.05, 0) is 41.2 Å². The van der Waals surface area contributed by atoms with Gasteiger partial charge in [0, 0.05) is 31.8 Å². The van der Waals surface area contributed by atoms with E-state index in [0.29, 0.717) is 19.6 Å². The number of hydrogen-bond acceptors (Lipinski definition) is 5. The largest absolute Gasteiger partial charge is 0.332 e. The fraction of sp³-hybridized carbons (Fsp3) is 0.300. The van der Waals surface area contributed by atoms with E-state index < -0.39 is 4.92 Å². The van der Waals surface area contributed by atoms with E-state index in [4.69, 9.17) is 0 Å². The second kappa shape index (κ2) is 6.72. The Labute approximate surface area is 156 Å². The Balaban J connectivity index is 1.55. The molecule has 4 rings (SSSR count). The summed E-state index contributed by atoms with van der Waals surface area (Å²) in [6.45, 7) is 1.69. The number of amides is 1. The molecule has 1 saturated heterocycles. The Morgan fingerprint density at radius 1 is 1.15 bits per heavy atom. The van der Waals surface area contributed by atoms with Gasteiger partial charge in [0.15, 0.2) is 6.19 Å². The zero-order valence-electron chi connectivity index (χ0n) is 14.7. The van der Waals surface area contributed by atoms with Gasteiger partial charge in [-0.25, -0.2) is 0 Å². The lowest BCUT2D eigenvalue weighted by Crippen LogP contribution is -2.41. The van der Waals surface area contributed by atoms with Crippen LogP contribution in [-0.4, -0.2) is 33.2 Å². The van der Waals surface area contributed by atoms with Crippen LogP contribution in [0, 0.1) is 21.6 Å². The highest BCUT2D eigenvalue weighted by atomic mass is 16.6. The normalized spacial score (nSPS) is 18.3. The van der Waals surface area contributed by atoms with E-state index in [1.807, 2.05) is 24.3 Å². The van der Waals surface area contributed by atoms with E-state index in [9.17, 15) is 20.2 Å². The molecule has 0 aromatic heterocycles. The molecule has 2 aromatic rings. The predicted molar refractivity (Wildman–Crippen MR) is 98.1 cm³/mol. The minimum atomic E-state index is -0.403. The molecular formula is C20H18N4O3. The first-order valence-corrected chi connectivity index (χ1v) is 8.88. The molecule has 0 radical (unpaired) electrons. The van der Waals surface area contributed by atoms with Gasteiger partial charge in [-0.15, -0.1) is 0 Å². The molecule has 1 amide bonds. The smallest absolute Gasteiger partial charge is 0.270 e. The van der Waals surface area contributed by atoms with E-state index in [1.54, 1.807) is 21.9 Å². The van der Waals surface area contributed by atoms with Crippen LogP contribution in [0.5, 0.6) is 0 Å². The van der Waals surface area contributed by atoms with Crippen LogP contribution in [0.2, 0.25) is 0 Å². The maximum Gasteiger partial charge on any atom is 0.270 e. The Hall–Kier alpha value is -3.40. The third kappa shape index (κ3) is 3.10. The molecule has 0 bridgehead atoms. The molecule has 136 valence electrons. The molecule has 1 fully saturated rings. The van der Waals surface area contributed by atoms with Crippen molar-refractivity contribution >= 4 is 11.6 Å². The number of nitriles is 1. The lowest BCUT2D eigenvalue weighted by Gasteiger charge is -2.23. The maximum absolute atomic E-state index is 12.8. The monoisotopic (exact) mass is 362 g/mol. The highest BCUT2D eigenvalue weighted by Crippen LogP contribution is 2.31. The van der Waals surface area contributed by atoms with Crippen LogP contribution in [0.1, 0.15) is 24.0 Å². The number of fused-ring (bicyclic) bond motifs is 1. The SMILES string of the molecule is N#CN1CCCC1C(=O)N1Cc2ccc(-c3cccc([N+](=O)[O-])c3)cc2C1. The number of benzene rings is 2. The fourth-order valence-electron chi connectivity index (χ4n) is 3.88. The zero-order valence-corrected chi connectivity index (χ0v) is 14.7. The van der Waals surface area contributed by atoms with Crippen molar-refractivity contribution in [3.05, 3.63) is 63.7 Å². The predicted octanol–water partition coefficient (Wildman–Crippen LogP) is 3.05. The number of likely N-dealkylation sites (tertiary alicyclic amines) is 1. The molecular weight excluding hydrogens is 344 g/mol.